The number of nitrogens with zero attached hydrogens (tertiary/aromatic N) is 1. The van der Waals surface area contributed by atoms with E-state index >= 15 is 0 Å². The van der Waals surface area contributed by atoms with E-state index in [1.54, 1.807) is 31.2 Å². The van der Waals surface area contributed by atoms with E-state index in [4.69, 9.17) is 5.73 Å². The Kier molecular flexibility index (Phi) is 4.23. The Morgan fingerprint density at radius 3 is 2.00 bits per heavy atom. The van der Waals surface area contributed by atoms with Crippen molar-refractivity contribution in [2.24, 2.45) is 0 Å². The van der Waals surface area contributed by atoms with E-state index in [-0.39, 0.29) is 6.54 Å². The number of anilines is 2. The lowest BCUT2D eigenvalue weighted by Crippen LogP contribution is -2.35. The number of nitrogen functional groups attached to an aromatic ring is 1. The fraction of sp³-hybridized carbons (Fsp3) is 0.400. The minimum absolute atomic E-state index is 0.155. The second-order valence-electron chi connectivity index (χ2n) is 3.91. The monoisotopic (exact) mass is 292 g/mol. The summed E-state index contributed by atoms with van der Waals surface area (Å²) in [5.41, 5.74) is 6.42. The summed E-state index contributed by atoms with van der Waals surface area (Å²) in [6, 6.07) is 6.21. The van der Waals surface area contributed by atoms with Gasteiger partial charge in [-0.2, -0.15) is 0 Å². The summed E-state index contributed by atoms with van der Waals surface area (Å²) in [6.45, 7) is 1.79. The van der Waals surface area contributed by atoms with E-state index in [2.05, 4.69) is 0 Å². The van der Waals surface area contributed by atoms with Gasteiger partial charge in [-0.15, -0.1) is 0 Å². The minimum Gasteiger partial charge on any atom is -0.399 e. The Morgan fingerprint density at radius 2 is 1.61 bits per heavy atom. The molecule has 1 aromatic rings. The molecule has 0 amide bonds. The molecule has 0 aliphatic carbocycles. The predicted octanol–water partition coefficient (Wildman–Crippen LogP) is 0.427. The van der Waals surface area contributed by atoms with Gasteiger partial charge in [0, 0.05) is 18.5 Å². The van der Waals surface area contributed by atoms with Crippen LogP contribution in [0.3, 0.4) is 0 Å². The zero-order chi connectivity index (χ0) is 14.0. The molecule has 0 bridgehead atoms. The molecule has 0 fully saturated rings. The van der Waals surface area contributed by atoms with Gasteiger partial charge in [-0.25, -0.2) is 16.8 Å². The topological polar surface area (TPSA) is 97.5 Å². The van der Waals surface area contributed by atoms with E-state index in [0.29, 0.717) is 11.4 Å². The predicted molar refractivity (Wildman–Crippen MR) is 72.5 cm³/mol. The van der Waals surface area contributed by atoms with Crippen molar-refractivity contribution in [3.8, 4) is 0 Å². The van der Waals surface area contributed by atoms with Crippen molar-refractivity contribution in [1.82, 2.24) is 0 Å². The van der Waals surface area contributed by atoms with Gasteiger partial charge < -0.3 is 5.73 Å². The van der Waals surface area contributed by atoms with Crippen LogP contribution < -0.4 is 10.0 Å². The van der Waals surface area contributed by atoms with Gasteiger partial charge in [0.2, 0.25) is 10.0 Å². The Hall–Kier alpha value is -1.28. The van der Waals surface area contributed by atoms with Crippen LogP contribution in [0.1, 0.15) is 6.92 Å². The Morgan fingerprint density at radius 1 is 1.11 bits per heavy atom. The molecule has 0 unspecified atom stereocenters. The van der Waals surface area contributed by atoms with Gasteiger partial charge >= 0.3 is 0 Å². The first kappa shape index (κ1) is 14.8. The molecule has 0 aliphatic rings. The molecule has 0 atom stereocenters. The number of rotatable bonds is 5. The summed E-state index contributed by atoms with van der Waals surface area (Å²) < 4.78 is 47.3. The highest BCUT2D eigenvalue weighted by atomic mass is 32.3. The standard InChI is InChI=1S/C10H16N2O4S2/c1-3-12(10-6-4-9(11)5-7-10)18(15,16)8-17(2,13)14/h4-7H,3,8,11H2,1-2H3. The number of nitrogens with two attached hydrogens (primary N) is 1. The summed E-state index contributed by atoms with van der Waals surface area (Å²) in [7, 11) is -7.50. The Bertz CT molecular complexity index is 606. The highest BCUT2D eigenvalue weighted by molar-refractivity contribution is 8.08. The molecule has 18 heavy (non-hydrogen) atoms. The van der Waals surface area contributed by atoms with Crippen LogP contribution >= 0.6 is 0 Å². The lowest BCUT2D eigenvalue weighted by atomic mass is 10.3. The molecule has 1 aromatic carbocycles. The normalized spacial score (nSPS) is 12.3. The van der Waals surface area contributed by atoms with E-state index in [0.717, 1.165) is 10.6 Å². The van der Waals surface area contributed by atoms with Crippen molar-refractivity contribution in [3.63, 3.8) is 0 Å². The van der Waals surface area contributed by atoms with Gasteiger partial charge in [0.25, 0.3) is 0 Å². The summed E-state index contributed by atoms with van der Waals surface area (Å²) in [6.07, 6.45) is 0.890. The van der Waals surface area contributed by atoms with Crippen molar-refractivity contribution in [2.75, 3.05) is 27.9 Å². The summed E-state index contributed by atoms with van der Waals surface area (Å²) in [5.74, 6) is 0. The van der Waals surface area contributed by atoms with Gasteiger partial charge in [-0.3, -0.25) is 4.31 Å². The van der Waals surface area contributed by atoms with Gasteiger partial charge in [0.05, 0.1) is 5.69 Å². The number of sulfone groups is 1. The molecule has 1 rings (SSSR count). The lowest BCUT2D eigenvalue weighted by Gasteiger charge is -2.22. The maximum absolute atomic E-state index is 12.0. The molecular formula is C10H16N2O4S2. The second-order valence-corrected chi connectivity index (χ2v) is 8.31. The number of benzene rings is 1. The van der Waals surface area contributed by atoms with Gasteiger partial charge in [0.15, 0.2) is 14.9 Å². The van der Waals surface area contributed by atoms with Crippen LogP contribution in [0.4, 0.5) is 11.4 Å². The van der Waals surface area contributed by atoms with Crippen molar-refractivity contribution >= 4 is 31.2 Å². The SMILES string of the molecule is CCN(c1ccc(N)cc1)S(=O)(=O)CS(C)(=O)=O. The molecular weight excluding hydrogens is 276 g/mol. The molecule has 8 heteroatoms. The van der Waals surface area contributed by atoms with E-state index in [1.807, 2.05) is 0 Å². The van der Waals surface area contributed by atoms with Crippen molar-refractivity contribution in [3.05, 3.63) is 24.3 Å². The third-order valence-corrected chi connectivity index (χ3v) is 6.21. The maximum Gasteiger partial charge on any atom is 0.249 e. The molecule has 0 aliphatic heterocycles. The summed E-state index contributed by atoms with van der Waals surface area (Å²) >= 11 is 0. The quantitative estimate of drug-likeness (QED) is 0.793. The highest BCUT2D eigenvalue weighted by Crippen LogP contribution is 2.20. The zero-order valence-corrected chi connectivity index (χ0v) is 11.8. The molecule has 6 nitrogen and oxygen atoms in total. The number of hydrogen-bond acceptors (Lipinski definition) is 5. The van der Waals surface area contributed by atoms with Crippen LogP contribution in [-0.2, 0) is 19.9 Å². The van der Waals surface area contributed by atoms with E-state index in [9.17, 15) is 16.8 Å². The fourth-order valence-corrected chi connectivity index (χ4v) is 5.02. The second kappa shape index (κ2) is 5.15. The lowest BCUT2D eigenvalue weighted by molar-refractivity contribution is 0.589. The summed E-state index contributed by atoms with van der Waals surface area (Å²) in [5, 5.41) is -0.905. The van der Waals surface area contributed by atoms with Crippen LogP contribution in [0.25, 0.3) is 0 Å². The Balaban J connectivity index is 3.14. The maximum atomic E-state index is 12.0. The smallest absolute Gasteiger partial charge is 0.249 e. The average molecular weight is 292 g/mol. The third-order valence-electron chi connectivity index (χ3n) is 2.17. The first-order chi connectivity index (χ1) is 8.15. The summed E-state index contributed by atoms with van der Waals surface area (Å²) in [4.78, 5) is 0. The van der Waals surface area contributed by atoms with Gasteiger partial charge in [-0.1, -0.05) is 0 Å². The van der Waals surface area contributed by atoms with Crippen LogP contribution in [0.15, 0.2) is 24.3 Å². The first-order valence-electron chi connectivity index (χ1n) is 5.19. The van der Waals surface area contributed by atoms with Crippen LogP contribution in [0, 0.1) is 0 Å². The van der Waals surface area contributed by atoms with Crippen LogP contribution in [-0.4, -0.2) is 34.7 Å². The minimum atomic E-state index is -3.89. The molecule has 2 N–H and O–H groups in total. The molecule has 0 spiro atoms. The van der Waals surface area contributed by atoms with Crippen molar-refractivity contribution in [1.29, 1.82) is 0 Å². The van der Waals surface area contributed by atoms with Crippen LogP contribution in [0.2, 0.25) is 0 Å². The molecule has 0 saturated carbocycles. The van der Waals surface area contributed by atoms with Crippen molar-refractivity contribution < 1.29 is 16.8 Å². The number of hydrogen-bond donors (Lipinski definition) is 1. The average Bonchev–Trinajstić information content (AvgIpc) is 2.17. The van der Waals surface area contributed by atoms with Crippen molar-refractivity contribution in [2.45, 2.75) is 6.92 Å². The highest BCUT2D eigenvalue weighted by Gasteiger charge is 2.25. The van der Waals surface area contributed by atoms with E-state index < -0.39 is 24.9 Å². The largest absolute Gasteiger partial charge is 0.399 e. The van der Waals surface area contributed by atoms with Crippen LogP contribution in [0.5, 0.6) is 0 Å². The van der Waals surface area contributed by atoms with E-state index in [1.165, 1.54) is 0 Å². The molecule has 102 valence electrons. The molecule has 0 aromatic heterocycles. The molecule has 0 radical (unpaired) electrons. The number of sulfonamides is 1. The molecule has 0 heterocycles. The third kappa shape index (κ3) is 3.88. The fourth-order valence-electron chi connectivity index (χ4n) is 1.51. The zero-order valence-electron chi connectivity index (χ0n) is 10.2. The van der Waals surface area contributed by atoms with Gasteiger partial charge in [-0.05, 0) is 31.2 Å². The molecule has 0 saturated heterocycles. The Labute approximate surface area is 107 Å². The first-order valence-corrected chi connectivity index (χ1v) is 8.86. The van der Waals surface area contributed by atoms with Gasteiger partial charge in [0.1, 0.15) is 0 Å².